The van der Waals surface area contributed by atoms with Crippen molar-refractivity contribution in [2.45, 2.75) is 19.9 Å². The first-order valence-corrected chi connectivity index (χ1v) is 5.66. The number of carbonyl (C=O) groups excluding carboxylic acids is 3. The summed E-state index contributed by atoms with van der Waals surface area (Å²) in [5.74, 6) is -4.89. The molecule has 0 aromatic heterocycles. The van der Waals surface area contributed by atoms with E-state index < -0.39 is 36.5 Å². The molecule has 0 unspecified atom stereocenters. The van der Waals surface area contributed by atoms with Gasteiger partial charge in [0.25, 0.3) is 0 Å². The number of hydrogen-bond acceptors (Lipinski definition) is 8. The second-order valence-corrected chi connectivity index (χ2v) is 3.30. The van der Waals surface area contributed by atoms with Crippen LogP contribution < -0.4 is 5.11 Å². The average molecular weight is 274 g/mol. The second kappa shape index (κ2) is 9.03. The molecule has 0 amide bonds. The lowest BCUT2D eigenvalue weighted by molar-refractivity contribution is -0.308. The van der Waals surface area contributed by atoms with Crippen molar-refractivity contribution in [1.82, 2.24) is 0 Å². The van der Waals surface area contributed by atoms with E-state index in [4.69, 9.17) is 5.11 Å². The molecule has 0 radical (unpaired) electrons. The molecule has 0 aliphatic heterocycles. The zero-order chi connectivity index (χ0) is 14.8. The minimum atomic E-state index is -1.62. The number of carbonyl (C=O) groups is 3. The highest BCUT2D eigenvalue weighted by Crippen LogP contribution is 2.02. The Bertz CT molecular complexity index is 335. The van der Waals surface area contributed by atoms with Crippen LogP contribution in [0.4, 0.5) is 0 Å². The van der Waals surface area contributed by atoms with Crippen LogP contribution in [-0.4, -0.2) is 55.1 Å². The van der Waals surface area contributed by atoms with Crippen molar-refractivity contribution < 1.29 is 34.1 Å². The van der Waals surface area contributed by atoms with Crippen LogP contribution in [0.15, 0.2) is 4.99 Å². The lowest BCUT2D eigenvalue weighted by atomic mass is 10.1. The van der Waals surface area contributed by atoms with Gasteiger partial charge < -0.3 is 24.5 Å². The molecule has 19 heavy (non-hydrogen) atoms. The largest absolute Gasteiger partial charge is 0.548 e. The number of carboxylic acid groups (broad SMARTS) is 1. The van der Waals surface area contributed by atoms with Gasteiger partial charge in [0.1, 0.15) is 6.04 Å². The fourth-order valence-electron chi connectivity index (χ4n) is 1.05. The number of hydrogen-bond donors (Lipinski definition) is 1. The highest BCUT2D eigenvalue weighted by molar-refractivity contribution is 6.09. The minimum absolute atomic E-state index is 0.0481. The topological polar surface area (TPSA) is 125 Å². The molecule has 0 fully saturated rings. The van der Waals surface area contributed by atoms with E-state index >= 15 is 0 Å². The van der Waals surface area contributed by atoms with Gasteiger partial charge in [-0.3, -0.25) is 14.6 Å². The first kappa shape index (κ1) is 17.0. The van der Waals surface area contributed by atoms with Crippen LogP contribution in [0.3, 0.4) is 0 Å². The van der Waals surface area contributed by atoms with Crippen LogP contribution in [-0.2, 0) is 23.9 Å². The summed E-state index contributed by atoms with van der Waals surface area (Å²) in [6.07, 6.45) is 0.784. The molecule has 1 N–H and O–H groups in total. The molecule has 8 heteroatoms. The molecule has 0 aromatic rings. The van der Waals surface area contributed by atoms with E-state index in [9.17, 15) is 19.5 Å². The van der Waals surface area contributed by atoms with E-state index in [1.165, 1.54) is 0 Å². The van der Waals surface area contributed by atoms with E-state index in [0.717, 1.165) is 6.21 Å². The molecule has 0 aliphatic carbocycles. The predicted molar refractivity (Wildman–Crippen MR) is 61.1 cm³/mol. The van der Waals surface area contributed by atoms with E-state index in [0.29, 0.717) is 0 Å². The Labute approximate surface area is 110 Å². The quantitative estimate of drug-likeness (QED) is 0.305. The third kappa shape index (κ3) is 5.96. The molecule has 0 bridgehead atoms. The molecule has 0 aliphatic rings. The number of rotatable bonds is 8. The molecular weight excluding hydrogens is 258 g/mol. The Morgan fingerprint density at radius 1 is 1.21 bits per heavy atom. The Hall–Kier alpha value is -1.96. The molecule has 0 spiro atoms. The minimum Gasteiger partial charge on any atom is -0.548 e. The van der Waals surface area contributed by atoms with Crippen LogP contribution in [0.1, 0.15) is 13.8 Å². The summed E-state index contributed by atoms with van der Waals surface area (Å²) in [5.41, 5.74) is 0. The molecule has 0 saturated carbocycles. The van der Waals surface area contributed by atoms with Gasteiger partial charge in [-0.2, -0.15) is 0 Å². The molecule has 0 rings (SSSR count). The summed E-state index contributed by atoms with van der Waals surface area (Å²) in [4.78, 5) is 36.9. The van der Waals surface area contributed by atoms with Gasteiger partial charge in [0, 0.05) is 6.21 Å². The molecule has 0 heterocycles. The third-order valence-electron chi connectivity index (χ3n) is 1.94. The number of aliphatic hydroxyl groups excluding tert-OH is 1. The predicted octanol–water partition coefficient (Wildman–Crippen LogP) is -2.09. The van der Waals surface area contributed by atoms with E-state index in [2.05, 4.69) is 14.5 Å². The monoisotopic (exact) mass is 274 g/mol. The fourth-order valence-corrected chi connectivity index (χ4v) is 1.05. The fraction of sp³-hybridized carbons (Fsp3) is 0.636. The Morgan fingerprint density at radius 2 is 1.68 bits per heavy atom. The molecule has 108 valence electrons. The number of nitrogens with zero attached hydrogens (tertiary/aromatic N) is 1. The maximum absolute atomic E-state index is 11.5. The third-order valence-corrected chi connectivity index (χ3v) is 1.94. The highest BCUT2D eigenvalue weighted by Gasteiger charge is 2.28. The molecule has 0 saturated heterocycles. The zero-order valence-electron chi connectivity index (χ0n) is 10.7. The molecular formula is C11H16NO7-. The summed E-state index contributed by atoms with van der Waals surface area (Å²) in [7, 11) is 0. The number of ether oxygens (including phenoxy) is 2. The van der Waals surface area contributed by atoms with Gasteiger partial charge >= 0.3 is 11.9 Å². The number of aliphatic imine (C=N–C) groups is 1. The van der Waals surface area contributed by atoms with Crippen molar-refractivity contribution >= 4 is 24.1 Å². The van der Waals surface area contributed by atoms with Crippen LogP contribution in [0.2, 0.25) is 0 Å². The summed E-state index contributed by atoms with van der Waals surface area (Å²) >= 11 is 0. The average Bonchev–Trinajstić information content (AvgIpc) is 2.34. The van der Waals surface area contributed by atoms with Gasteiger partial charge in [-0.25, -0.2) is 0 Å². The molecule has 1 atom stereocenters. The van der Waals surface area contributed by atoms with Crippen LogP contribution in [0.25, 0.3) is 0 Å². The zero-order valence-corrected chi connectivity index (χ0v) is 10.7. The van der Waals surface area contributed by atoms with Crippen molar-refractivity contribution in [2.75, 3.05) is 19.8 Å². The SMILES string of the molecule is CCOC(=O)C(C=N[C@@H](CO)C(=O)[O-])C(=O)OCC. The highest BCUT2D eigenvalue weighted by atomic mass is 16.6. The first-order valence-electron chi connectivity index (χ1n) is 5.66. The lowest BCUT2D eigenvalue weighted by Crippen LogP contribution is -2.38. The smallest absolute Gasteiger partial charge is 0.325 e. The van der Waals surface area contributed by atoms with Crippen molar-refractivity contribution in [2.24, 2.45) is 10.9 Å². The van der Waals surface area contributed by atoms with Crippen LogP contribution >= 0.6 is 0 Å². The molecule has 8 nitrogen and oxygen atoms in total. The van der Waals surface area contributed by atoms with Gasteiger partial charge in [-0.05, 0) is 13.8 Å². The van der Waals surface area contributed by atoms with Gasteiger partial charge in [-0.1, -0.05) is 0 Å². The molecule has 0 aromatic carbocycles. The van der Waals surface area contributed by atoms with E-state index in [1.807, 2.05) is 0 Å². The number of carboxylic acids is 1. The van der Waals surface area contributed by atoms with Gasteiger partial charge in [0.05, 0.1) is 25.8 Å². The summed E-state index contributed by atoms with van der Waals surface area (Å²) in [6, 6.07) is -1.55. The van der Waals surface area contributed by atoms with Crippen molar-refractivity contribution in [3.05, 3.63) is 0 Å². The van der Waals surface area contributed by atoms with Crippen molar-refractivity contribution in [3.8, 4) is 0 Å². The van der Waals surface area contributed by atoms with Gasteiger partial charge in [-0.15, -0.1) is 0 Å². The number of esters is 2. The number of aliphatic hydroxyl groups is 1. The van der Waals surface area contributed by atoms with Gasteiger partial charge in [0.2, 0.25) is 0 Å². The Balaban J connectivity index is 4.93. The van der Waals surface area contributed by atoms with Crippen molar-refractivity contribution in [3.63, 3.8) is 0 Å². The Morgan fingerprint density at radius 3 is 2.00 bits per heavy atom. The summed E-state index contributed by atoms with van der Waals surface area (Å²) in [6.45, 7) is 2.39. The number of aliphatic carboxylic acids is 1. The maximum Gasteiger partial charge on any atom is 0.325 e. The lowest BCUT2D eigenvalue weighted by Gasteiger charge is -2.13. The Kier molecular flexibility index (Phi) is 8.10. The summed E-state index contributed by atoms with van der Waals surface area (Å²) in [5, 5.41) is 19.2. The maximum atomic E-state index is 11.5. The van der Waals surface area contributed by atoms with Gasteiger partial charge in [0.15, 0.2) is 5.92 Å². The summed E-state index contributed by atoms with van der Waals surface area (Å²) < 4.78 is 9.28. The first-order chi connectivity index (χ1) is 8.97. The second-order valence-electron chi connectivity index (χ2n) is 3.30. The van der Waals surface area contributed by atoms with Crippen LogP contribution in [0, 0.1) is 5.92 Å². The van der Waals surface area contributed by atoms with Crippen LogP contribution in [0.5, 0.6) is 0 Å². The standard InChI is InChI=1S/C11H17NO7/c1-3-18-10(16)7(11(17)19-4-2)5-12-8(6-13)9(14)15/h5,7-8,13H,3-4,6H2,1-2H3,(H,14,15)/p-1/t8-/m0/s1. The van der Waals surface area contributed by atoms with E-state index in [1.54, 1.807) is 13.8 Å². The van der Waals surface area contributed by atoms with E-state index in [-0.39, 0.29) is 13.2 Å². The van der Waals surface area contributed by atoms with Crippen molar-refractivity contribution in [1.29, 1.82) is 0 Å². The normalized spacial score (nSPS) is 12.4.